The first kappa shape index (κ1) is 33.4. The second kappa shape index (κ2) is 12.6. The molecule has 1 heterocycles. The Hall–Kier alpha value is -6.90. The van der Waals surface area contributed by atoms with Crippen LogP contribution in [0.1, 0.15) is 36.1 Å². The summed E-state index contributed by atoms with van der Waals surface area (Å²) in [7, 11) is 0. The molecular formula is C55H41NO. The van der Waals surface area contributed by atoms with Crippen LogP contribution in [-0.4, -0.2) is 0 Å². The van der Waals surface area contributed by atoms with Crippen molar-refractivity contribution >= 4 is 60.5 Å². The minimum atomic E-state index is -0.218. The standard InChI is InChI=1S/C55H41NO/c1-34-14-11-16-37(30-34)56(38-17-12-15-35(2)31-38)39-27-29-41-40-28-26-36(32-49(40)55(3,4)50(41)33-39)52-43-19-5-7-21-45(43)53(46-22-8-6-20-44(46)52)48-24-13-23-47-42-18-9-10-25-51(42)57-54(47)48/h5-33H,1-4H3. The summed E-state index contributed by atoms with van der Waals surface area (Å²) in [6, 6.07) is 64.6. The van der Waals surface area contributed by atoms with Gasteiger partial charge in [-0.05, 0) is 128 Å². The number of hydrogen-bond donors (Lipinski definition) is 0. The Morgan fingerprint density at radius 2 is 0.912 bits per heavy atom. The highest BCUT2D eigenvalue weighted by Gasteiger charge is 2.36. The molecule has 0 fully saturated rings. The number of para-hydroxylation sites is 2. The number of fused-ring (bicyclic) bond motifs is 8. The van der Waals surface area contributed by atoms with Gasteiger partial charge in [0.05, 0.1) is 0 Å². The summed E-state index contributed by atoms with van der Waals surface area (Å²) in [6.45, 7) is 9.11. The highest BCUT2D eigenvalue weighted by Crippen LogP contribution is 2.53. The van der Waals surface area contributed by atoms with E-state index in [1.807, 2.05) is 6.07 Å². The molecule has 0 radical (unpaired) electrons. The van der Waals surface area contributed by atoms with Crippen molar-refractivity contribution in [3.63, 3.8) is 0 Å². The zero-order chi connectivity index (χ0) is 38.4. The average molecular weight is 732 g/mol. The monoisotopic (exact) mass is 731 g/mol. The fourth-order valence-corrected chi connectivity index (χ4v) is 9.68. The van der Waals surface area contributed by atoms with Gasteiger partial charge in [-0.2, -0.15) is 0 Å². The smallest absolute Gasteiger partial charge is 0.143 e. The van der Waals surface area contributed by atoms with Crippen molar-refractivity contribution in [1.82, 2.24) is 0 Å². The van der Waals surface area contributed by atoms with Gasteiger partial charge in [-0.15, -0.1) is 0 Å². The van der Waals surface area contributed by atoms with Crippen molar-refractivity contribution in [1.29, 1.82) is 0 Å². The van der Waals surface area contributed by atoms with Crippen LogP contribution in [0.3, 0.4) is 0 Å². The molecule has 0 saturated heterocycles. The van der Waals surface area contributed by atoms with Crippen LogP contribution in [0, 0.1) is 13.8 Å². The lowest BCUT2D eigenvalue weighted by molar-refractivity contribution is 0.660. The molecule has 0 unspecified atom stereocenters. The van der Waals surface area contributed by atoms with Gasteiger partial charge < -0.3 is 9.32 Å². The van der Waals surface area contributed by atoms with Crippen LogP contribution in [-0.2, 0) is 5.41 Å². The van der Waals surface area contributed by atoms with Crippen LogP contribution in [0.25, 0.3) is 76.9 Å². The van der Waals surface area contributed by atoms with Crippen LogP contribution >= 0.6 is 0 Å². The Balaban J connectivity index is 1.09. The van der Waals surface area contributed by atoms with Crippen molar-refractivity contribution < 1.29 is 4.42 Å². The van der Waals surface area contributed by atoms with Crippen molar-refractivity contribution in [2.24, 2.45) is 0 Å². The first-order valence-corrected chi connectivity index (χ1v) is 19.9. The van der Waals surface area contributed by atoms with E-state index in [4.69, 9.17) is 4.42 Å². The molecule has 0 aliphatic heterocycles. The molecule has 2 nitrogen and oxygen atoms in total. The maximum Gasteiger partial charge on any atom is 0.143 e. The van der Waals surface area contributed by atoms with Gasteiger partial charge in [0.2, 0.25) is 0 Å². The van der Waals surface area contributed by atoms with E-state index in [0.29, 0.717) is 0 Å². The van der Waals surface area contributed by atoms with Gasteiger partial charge in [-0.3, -0.25) is 0 Å². The number of nitrogens with zero attached hydrogens (tertiary/aromatic N) is 1. The number of furan rings is 1. The summed E-state index contributed by atoms with van der Waals surface area (Å²) in [5.74, 6) is 0. The van der Waals surface area contributed by atoms with Crippen LogP contribution in [0.15, 0.2) is 180 Å². The second-order valence-corrected chi connectivity index (χ2v) is 16.3. The fourth-order valence-electron chi connectivity index (χ4n) is 9.68. The van der Waals surface area contributed by atoms with Crippen molar-refractivity contribution in [3.8, 4) is 33.4 Å². The SMILES string of the molecule is Cc1cccc(N(c2cccc(C)c2)c2ccc3c(c2)C(C)(C)c2cc(-c4c5ccccc5c(-c5cccc6c5oc5ccccc56)c5ccccc45)ccc2-3)c1. The molecule has 1 aromatic heterocycles. The molecule has 11 rings (SSSR count). The lowest BCUT2D eigenvalue weighted by Crippen LogP contribution is -2.16. The molecule has 0 spiro atoms. The summed E-state index contributed by atoms with van der Waals surface area (Å²) in [6.07, 6.45) is 0. The highest BCUT2D eigenvalue weighted by molar-refractivity contribution is 6.24. The second-order valence-electron chi connectivity index (χ2n) is 16.3. The quantitative estimate of drug-likeness (QED) is 0.164. The number of aryl methyl sites for hydroxylation is 2. The van der Waals surface area contributed by atoms with Crippen molar-refractivity contribution in [3.05, 3.63) is 198 Å². The number of benzene rings is 9. The first-order chi connectivity index (χ1) is 27.8. The van der Waals surface area contributed by atoms with Crippen LogP contribution in [0.4, 0.5) is 17.1 Å². The molecule has 0 atom stereocenters. The molecule has 0 N–H and O–H groups in total. The molecule has 9 aromatic carbocycles. The third-order valence-electron chi connectivity index (χ3n) is 12.3. The van der Waals surface area contributed by atoms with Gasteiger partial charge in [0.25, 0.3) is 0 Å². The predicted octanol–water partition coefficient (Wildman–Crippen LogP) is 15.6. The molecule has 1 aliphatic carbocycles. The minimum Gasteiger partial charge on any atom is -0.455 e. The molecule has 2 heteroatoms. The van der Waals surface area contributed by atoms with Gasteiger partial charge in [0.1, 0.15) is 11.2 Å². The summed E-state index contributed by atoms with van der Waals surface area (Å²) >= 11 is 0. The zero-order valence-electron chi connectivity index (χ0n) is 32.6. The number of rotatable bonds is 5. The Morgan fingerprint density at radius 3 is 1.54 bits per heavy atom. The van der Waals surface area contributed by atoms with Gasteiger partial charge in [0, 0.05) is 44.4 Å². The maximum absolute atomic E-state index is 6.64. The Bertz CT molecular complexity index is 3150. The van der Waals surface area contributed by atoms with E-state index < -0.39 is 0 Å². The third kappa shape index (κ3) is 5.10. The van der Waals surface area contributed by atoms with E-state index in [9.17, 15) is 0 Å². The van der Waals surface area contributed by atoms with E-state index in [2.05, 4.69) is 202 Å². The Morgan fingerprint density at radius 1 is 0.404 bits per heavy atom. The largest absolute Gasteiger partial charge is 0.455 e. The van der Waals surface area contributed by atoms with E-state index in [0.717, 1.165) is 44.6 Å². The number of anilines is 3. The van der Waals surface area contributed by atoms with E-state index in [1.54, 1.807) is 0 Å². The molecule has 0 saturated carbocycles. The molecule has 10 aromatic rings. The van der Waals surface area contributed by atoms with Gasteiger partial charge in [-0.1, -0.05) is 141 Å². The van der Waals surface area contributed by atoms with Crippen LogP contribution in [0.2, 0.25) is 0 Å². The van der Waals surface area contributed by atoms with Gasteiger partial charge in [-0.25, -0.2) is 0 Å². The van der Waals surface area contributed by atoms with E-state index in [1.165, 1.54) is 71.6 Å². The predicted molar refractivity (Wildman–Crippen MR) is 241 cm³/mol. The normalized spacial score (nSPS) is 13.1. The average Bonchev–Trinajstić information content (AvgIpc) is 3.72. The molecule has 1 aliphatic rings. The number of hydrogen-bond acceptors (Lipinski definition) is 2. The molecule has 0 bridgehead atoms. The fraction of sp³-hybridized carbons (Fsp3) is 0.0909. The lowest BCUT2D eigenvalue weighted by atomic mass is 9.80. The molecular weight excluding hydrogens is 691 g/mol. The minimum absolute atomic E-state index is 0.218. The summed E-state index contributed by atoms with van der Waals surface area (Å²) in [5, 5.41) is 7.21. The molecule has 0 amide bonds. The van der Waals surface area contributed by atoms with Crippen LogP contribution in [0.5, 0.6) is 0 Å². The van der Waals surface area contributed by atoms with Crippen molar-refractivity contribution in [2.45, 2.75) is 33.1 Å². The third-order valence-corrected chi connectivity index (χ3v) is 12.3. The first-order valence-electron chi connectivity index (χ1n) is 19.9. The van der Waals surface area contributed by atoms with Gasteiger partial charge >= 0.3 is 0 Å². The van der Waals surface area contributed by atoms with Crippen LogP contribution < -0.4 is 4.90 Å². The summed E-state index contributed by atoms with van der Waals surface area (Å²) < 4.78 is 6.64. The Labute approximate surface area is 333 Å². The Kier molecular flexibility index (Phi) is 7.37. The zero-order valence-corrected chi connectivity index (χ0v) is 32.6. The maximum atomic E-state index is 6.64. The van der Waals surface area contributed by atoms with E-state index in [-0.39, 0.29) is 5.41 Å². The van der Waals surface area contributed by atoms with Gasteiger partial charge in [0.15, 0.2) is 0 Å². The highest BCUT2D eigenvalue weighted by atomic mass is 16.3. The van der Waals surface area contributed by atoms with Crippen molar-refractivity contribution in [2.75, 3.05) is 4.90 Å². The molecule has 57 heavy (non-hydrogen) atoms. The molecule has 272 valence electrons. The summed E-state index contributed by atoms with van der Waals surface area (Å²) in [4.78, 5) is 2.40. The topological polar surface area (TPSA) is 16.4 Å². The summed E-state index contributed by atoms with van der Waals surface area (Å²) in [5.41, 5.74) is 17.8. The lowest BCUT2D eigenvalue weighted by Gasteiger charge is -2.28. The van der Waals surface area contributed by atoms with E-state index >= 15 is 0 Å².